The Labute approximate surface area is 722 Å². The van der Waals surface area contributed by atoms with E-state index in [1.807, 2.05) is 24.3 Å². The van der Waals surface area contributed by atoms with Crippen LogP contribution in [0.5, 0.6) is 0 Å². The van der Waals surface area contributed by atoms with Gasteiger partial charge in [0.25, 0.3) is 0 Å². The van der Waals surface area contributed by atoms with Crippen molar-refractivity contribution in [3.63, 3.8) is 0 Å². The molecule has 0 aliphatic rings. The number of carbonyl (C=O) groups is 4. The molecule has 2 aromatic carbocycles. The molecular weight excluding hydrogens is 1480 g/mol. The van der Waals surface area contributed by atoms with Gasteiger partial charge in [-0.2, -0.15) is 0 Å². The topological polar surface area (TPSA) is 220 Å². The van der Waals surface area contributed by atoms with E-state index in [2.05, 4.69) is 52.0 Å². The molecule has 644 valence electrons. The summed E-state index contributed by atoms with van der Waals surface area (Å²) in [6.07, 6.45) is 96.9. The summed E-state index contributed by atoms with van der Waals surface area (Å²) in [5.74, 6) is -3.26. The third-order valence-electron chi connectivity index (χ3n) is 21.1. The first-order valence-electron chi connectivity index (χ1n) is 46.1. The largest absolute Gasteiger partial charge is 2.00 e. The van der Waals surface area contributed by atoms with Crippen LogP contribution in [-0.4, -0.2) is 114 Å². The van der Waals surface area contributed by atoms with E-state index in [0.29, 0.717) is 25.7 Å². The van der Waals surface area contributed by atoms with E-state index in [1.165, 1.54) is 334 Å². The molecule has 2 aromatic rings. The minimum atomic E-state index is -4.83. The first kappa shape index (κ1) is 109. The molecule has 0 saturated carbocycles. The molecule has 0 saturated heterocycles. The van der Waals surface area contributed by atoms with E-state index in [9.17, 15) is 45.1 Å². The van der Waals surface area contributed by atoms with Gasteiger partial charge in [0, 0.05) is 0 Å². The Morgan fingerprint density at radius 1 is 0.239 bits per heavy atom. The summed E-state index contributed by atoms with van der Waals surface area (Å²) in [4.78, 5) is 50.4. The van der Waals surface area contributed by atoms with E-state index in [-0.39, 0.29) is 86.4 Å². The molecule has 0 aromatic heterocycles. The third-order valence-corrected chi connectivity index (χ3v) is 22.7. The predicted octanol–water partition coefficient (Wildman–Crippen LogP) is 28.7. The molecule has 0 spiro atoms. The zero-order valence-electron chi connectivity index (χ0n) is 72.4. The zero-order valence-corrected chi connectivity index (χ0v) is 76.2. The third kappa shape index (κ3) is 67.9. The van der Waals surface area contributed by atoms with Crippen molar-refractivity contribution in [2.75, 3.05) is 26.4 Å². The van der Waals surface area contributed by atoms with Gasteiger partial charge in [-0.15, -0.1) is 0 Å². The van der Waals surface area contributed by atoms with Crippen molar-refractivity contribution in [3.8, 4) is 0 Å². The Balaban J connectivity index is 0.00000220. The quantitative estimate of drug-likeness (QED) is 0.0150. The minimum Gasteiger partial charge on any atom is -0.744 e. The van der Waals surface area contributed by atoms with Crippen LogP contribution in [0.1, 0.15) is 480 Å². The molecule has 0 amide bonds. The zero-order chi connectivity index (χ0) is 81.6. The van der Waals surface area contributed by atoms with Crippen LogP contribution in [-0.2, 0) is 39.2 Å². The Bertz CT molecular complexity index is 2740. The Morgan fingerprint density at radius 2 is 0.389 bits per heavy atom. The number of ether oxygens (including phenoxy) is 4. The molecule has 0 heterocycles. The fraction of sp³-hybridized carbons (Fsp3) is 0.750. The van der Waals surface area contributed by atoms with Crippen LogP contribution in [0.25, 0.3) is 0 Å². The standard InChI is InChI=1S/2C48H82O7S.Ca/c2*1-3-5-7-9-11-13-15-17-19-21-23-25-27-29-31-33-35-37-41-54-47(49)45-40-39-44(56(51,52)53)43-46(45)48(50)55-42-38-36-34-32-30-28-26-24-22-20-18-16-14-12-10-8-6-4-2;/h2*33-36,39-40,43H,3-32,37-38,41-42H2,1-2H3,(H,51,52,53);/q;;+2/p-2/b2*35-33+,36-34+;. The van der Waals surface area contributed by atoms with Crippen molar-refractivity contribution in [2.45, 2.75) is 448 Å². The Hall–Kier alpha value is -3.64. The van der Waals surface area contributed by atoms with Crippen molar-refractivity contribution in [1.82, 2.24) is 0 Å². The second kappa shape index (κ2) is 80.8. The summed E-state index contributed by atoms with van der Waals surface area (Å²) in [5.41, 5.74) is -0.817. The molecule has 0 atom stereocenters. The van der Waals surface area contributed by atoms with E-state index < -0.39 is 53.9 Å². The number of allylic oxidation sites excluding steroid dienone is 4. The predicted molar refractivity (Wildman–Crippen MR) is 470 cm³/mol. The maximum atomic E-state index is 12.9. The number of hydrogen-bond acceptors (Lipinski definition) is 14. The number of hydrogen-bond donors (Lipinski definition) is 0. The average Bonchev–Trinajstić information content (AvgIpc) is 0.814. The van der Waals surface area contributed by atoms with Crippen LogP contribution in [0.2, 0.25) is 0 Å². The summed E-state index contributed by atoms with van der Waals surface area (Å²) >= 11 is 0. The SMILES string of the molecule is CCCCCCCCCCCCCCCC/C=C/CCOC(=O)c1ccc(S(=O)(=O)[O-])cc1C(=O)OCC/C=C/CCCCCCCCCCCCCCCC.CCCCCCCCCCCCCCCC/C=C/CCOC(=O)c1ccc(S(=O)(=O)[O-])cc1C(=O)OCC/C=C/CCCCCCCCCCCCCCCC.[Ca+2]. The first-order chi connectivity index (χ1) is 54.6. The van der Waals surface area contributed by atoms with E-state index in [1.54, 1.807) is 0 Å². The minimum absolute atomic E-state index is 0. The maximum absolute atomic E-state index is 12.9. The molecule has 14 nitrogen and oxygen atoms in total. The number of esters is 4. The molecule has 0 bridgehead atoms. The molecule has 0 fully saturated rings. The van der Waals surface area contributed by atoms with Crippen LogP contribution in [0.4, 0.5) is 0 Å². The number of unbranched alkanes of at least 4 members (excludes halogenated alkanes) is 56. The Morgan fingerprint density at radius 3 is 0.558 bits per heavy atom. The van der Waals surface area contributed by atoms with Crippen molar-refractivity contribution < 1.29 is 64.1 Å². The number of carbonyl (C=O) groups excluding carboxylic acids is 4. The monoisotopic (exact) mass is 1640 g/mol. The summed E-state index contributed by atoms with van der Waals surface area (Å²) in [7, 11) is -9.67. The van der Waals surface area contributed by atoms with E-state index >= 15 is 0 Å². The van der Waals surface area contributed by atoms with E-state index in [4.69, 9.17) is 18.9 Å². The molecular formula is C96H162CaO14S2. The van der Waals surface area contributed by atoms with Crippen LogP contribution in [0.3, 0.4) is 0 Å². The van der Waals surface area contributed by atoms with Gasteiger partial charge in [0.15, 0.2) is 0 Å². The van der Waals surface area contributed by atoms with Gasteiger partial charge < -0.3 is 28.1 Å². The molecule has 0 aliphatic carbocycles. The number of rotatable bonds is 78. The van der Waals surface area contributed by atoms with Gasteiger partial charge in [-0.05, 0) is 113 Å². The second-order valence-electron chi connectivity index (χ2n) is 31.4. The Kier molecular flexibility index (Phi) is 78.2. The fourth-order valence-electron chi connectivity index (χ4n) is 14.0. The van der Waals surface area contributed by atoms with Crippen LogP contribution >= 0.6 is 0 Å². The summed E-state index contributed by atoms with van der Waals surface area (Å²) in [6.45, 7) is 9.43. The van der Waals surface area contributed by atoms with Crippen molar-refractivity contribution >= 4 is 81.9 Å². The van der Waals surface area contributed by atoms with Gasteiger partial charge in [-0.25, -0.2) is 36.0 Å². The molecule has 2 rings (SSSR count). The van der Waals surface area contributed by atoms with Gasteiger partial charge in [-0.3, -0.25) is 0 Å². The van der Waals surface area contributed by atoms with Gasteiger partial charge in [0.1, 0.15) is 20.2 Å². The van der Waals surface area contributed by atoms with Crippen molar-refractivity contribution in [3.05, 3.63) is 107 Å². The fourth-order valence-corrected chi connectivity index (χ4v) is 15.0. The number of benzene rings is 2. The summed E-state index contributed by atoms with van der Waals surface area (Å²) in [6, 6.07) is 6.14. The molecule has 17 heteroatoms. The molecule has 0 radical (unpaired) electrons. The molecule has 0 aliphatic heterocycles. The van der Waals surface area contributed by atoms with Crippen molar-refractivity contribution in [2.24, 2.45) is 0 Å². The van der Waals surface area contributed by atoms with E-state index in [0.717, 1.165) is 87.8 Å². The maximum Gasteiger partial charge on any atom is 2.00 e. The summed E-state index contributed by atoms with van der Waals surface area (Å²) < 4.78 is 91.4. The average molecular weight is 1640 g/mol. The molecule has 113 heavy (non-hydrogen) atoms. The van der Waals surface area contributed by atoms with Crippen molar-refractivity contribution in [1.29, 1.82) is 0 Å². The smallest absolute Gasteiger partial charge is 0.744 e. The first-order valence-corrected chi connectivity index (χ1v) is 48.9. The van der Waals surface area contributed by atoms with Gasteiger partial charge in [-0.1, -0.05) is 410 Å². The second-order valence-corrected chi connectivity index (χ2v) is 34.2. The van der Waals surface area contributed by atoms with Crippen LogP contribution in [0.15, 0.2) is 94.8 Å². The molecule has 0 unspecified atom stereocenters. The van der Waals surface area contributed by atoms with Gasteiger partial charge in [0.2, 0.25) is 0 Å². The molecule has 0 N–H and O–H groups in total. The normalized spacial score (nSPS) is 11.8. The van der Waals surface area contributed by atoms with Gasteiger partial charge >= 0.3 is 61.6 Å². The van der Waals surface area contributed by atoms with Gasteiger partial charge in [0.05, 0.1) is 58.5 Å². The summed E-state index contributed by atoms with van der Waals surface area (Å²) in [5, 5.41) is 0. The van der Waals surface area contributed by atoms with Crippen LogP contribution in [0, 0.1) is 0 Å². The van der Waals surface area contributed by atoms with Crippen LogP contribution < -0.4 is 0 Å².